The fourth-order valence-electron chi connectivity index (χ4n) is 11.0. The number of methoxy groups -OCH3 is 2. The second-order valence-corrected chi connectivity index (χ2v) is 17.3. The van der Waals surface area contributed by atoms with Gasteiger partial charge in [-0.15, -0.1) is 0 Å². The molecule has 1 spiro atoms. The van der Waals surface area contributed by atoms with Crippen LogP contribution in [-0.2, 0) is 37.5 Å². The van der Waals surface area contributed by atoms with Crippen molar-refractivity contribution in [1.82, 2.24) is 9.80 Å². The number of amides is 2. The molecule has 4 heterocycles. The quantitative estimate of drug-likeness (QED) is 0.113. The summed E-state index contributed by atoms with van der Waals surface area (Å²) in [6.45, 7) is 0.286. The van der Waals surface area contributed by atoms with Gasteiger partial charge in [-0.25, -0.2) is 0 Å². The van der Waals surface area contributed by atoms with Crippen molar-refractivity contribution in [1.29, 1.82) is 0 Å². The van der Waals surface area contributed by atoms with Gasteiger partial charge < -0.3 is 34.3 Å². The first kappa shape index (κ1) is 42.1. The summed E-state index contributed by atoms with van der Waals surface area (Å²) in [5.41, 5.74) is 5.26. The van der Waals surface area contributed by atoms with Gasteiger partial charge in [0.15, 0.2) is 11.5 Å². The van der Waals surface area contributed by atoms with Crippen molar-refractivity contribution in [2.75, 3.05) is 39.3 Å². The fourth-order valence-corrected chi connectivity index (χ4v) is 11.0. The van der Waals surface area contributed by atoms with Crippen LogP contribution in [0.5, 0.6) is 17.2 Å². The van der Waals surface area contributed by atoms with Crippen LogP contribution in [0.25, 0.3) is 0 Å². The van der Waals surface area contributed by atoms with Crippen LogP contribution in [0.15, 0.2) is 127 Å². The van der Waals surface area contributed by atoms with E-state index in [9.17, 15) is 5.11 Å². The zero-order chi connectivity index (χ0) is 44.7. The lowest BCUT2D eigenvalue weighted by molar-refractivity contribution is -0.179. The van der Waals surface area contributed by atoms with Crippen LogP contribution in [-0.4, -0.2) is 72.7 Å². The predicted octanol–water partition coefficient (Wildman–Crippen LogP) is 7.78. The molecule has 330 valence electrons. The standard InChI is InChI=1S/C54H51N3O8/c1-62-44-31-38-26-27-56(33-39(38)32-45(44)63-2)51(59)46-48-52(60)65-49(37-18-10-5-11-19-37)47(36-16-8-4-9-17-36)57(48)50(40-20-12-13-21-43(40)64-29-28-58)54(46)41-30-35(24-25-42(41)55-53(54)61)23-22-34-14-6-3-7-15-34/h4-5,8-14,16-21,24-25,30-32,46-50,58H,3,6-7,15,26-29,33H2,1-2H3,(H,55,61). The summed E-state index contributed by atoms with van der Waals surface area (Å²) >= 11 is 0. The average Bonchev–Trinajstić information content (AvgIpc) is 3.83. The van der Waals surface area contributed by atoms with Crippen LogP contribution in [0.1, 0.15) is 82.8 Å². The number of aliphatic hydroxyl groups is 1. The third kappa shape index (κ3) is 7.22. The normalized spacial score (nSPS) is 24.4. The average molecular weight is 870 g/mol. The highest BCUT2D eigenvalue weighted by atomic mass is 16.6. The number of para-hydroxylation sites is 1. The highest BCUT2D eigenvalue weighted by Crippen LogP contribution is 2.66. The molecule has 6 unspecified atom stereocenters. The molecule has 5 aliphatic rings. The van der Waals surface area contributed by atoms with Gasteiger partial charge in [0.25, 0.3) is 0 Å². The Bertz CT molecular complexity index is 2740. The smallest absolute Gasteiger partial charge is 0.324 e. The Kier molecular flexibility index (Phi) is 11.4. The van der Waals surface area contributed by atoms with E-state index in [1.165, 1.54) is 0 Å². The molecule has 11 nitrogen and oxygen atoms in total. The van der Waals surface area contributed by atoms with E-state index in [0.717, 1.165) is 53.5 Å². The summed E-state index contributed by atoms with van der Waals surface area (Å²) in [5.74, 6) is 5.70. The first-order valence-corrected chi connectivity index (χ1v) is 22.5. The molecule has 0 aromatic heterocycles. The van der Waals surface area contributed by atoms with Crippen molar-refractivity contribution < 1.29 is 38.4 Å². The topological polar surface area (TPSA) is 127 Å². The number of cyclic esters (lactones) is 1. The van der Waals surface area contributed by atoms with Crippen molar-refractivity contribution in [3.8, 4) is 29.1 Å². The van der Waals surface area contributed by atoms with E-state index in [-0.39, 0.29) is 25.7 Å². The van der Waals surface area contributed by atoms with Gasteiger partial charge >= 0.3 is 5.97 Å². The third-order valence-corrected chi connectivity index (χ3v) is 13.8. The van der Waals surface area contributed by atoms with Gasteiger partial charge in [0, 0.05) is 29.9 Å². The minimum absolute atomic E-state index is 0.0148. The molecule has 0 saturated carbocycles. The van der Waals surface area contributed by atoms with Gasteiger partial charge in [0.1, 0.15) is 29.9 Å². The van der Waals surface area contributed by atoms with Crippen molar-refractivity contribution in [2.45, 2.75) is 68.3 Å². The van der Waals surface area contributed by atoms with E-state index in [2.05, 4.69) is 28.1 Å². The van der Waals surface area contributed by atoms with E-state index in [0.29, 0.717) is 52.6 Å². The largest absolute Gasteiger partial charge is 0.493 e. The third-order valence-electron chi connectivity index (χ3n) is 13.8. The number of benzene rings is 5. The van der Waals surface area contributed by atoms with E-state index >= 15 is 14.4 Å². The molecular weight excluding hydrogens is 819 g/mol. The number of nitrogens with zero attached hydrogens (tertiary/aromatic N) is 2. The maximum absolute atomic E-state index is 16.2. The van der Waals surface area contributed by atoms with Gasteiger partial charge in [-0.2, -0.15) is 0 Å². The number of morpholine rings is 1. The van der Waals surface area contributed by atoms with Gasteiger partial charge in [-0.3, -0.25) is 19.3 Å². The summed E-state index contributed by atoms with van der Waals surface area (Å²) < 4.78 is 24.3. The van der Waals surface area contributed by atoms with Gasteiger partial charge in [0.2, 0.25) is 11.8 Å². The van der Waals surface area contributed by atoms with Crippen molar-refractivity contribution in [3.05, 3.63) is 166 Å². The Hall–Kier alpha value is -6.87. The maximum Gasteiger partial charge on any atom is 0.324 e. The minimum Gasteiger partial charge on any atom is -0.493 e. The van der Waals surface area contributed by atoms with Crippen LogP contribution >= 0.6 is 0 Å². The lowest BCUT2D eigenvalue weighted by Gasteiger charge is -2.46. The fraction of sp³-hybridized carbons (Fsp3) is 0.315. The Morgan fingerprint density at radius 3 is 2.26 bits per heavy atom. The second kappa shape index (κ2) is 17.6. The molecule has 5 aromatic rings. The Morgan fingerprint density at radius 1 is 0.815 bits per heavy atom. The molecule has 5 aromatic carbocycles. The summed E-state index contributed by atoms with van der Waals surface area (Å²) in [7, 11) is 3.18. The van der Waals surface area contributed by atoms with E-state index in [1.807, 2.05) is 115 Å². The lowest BCUT2D eigenvalue weighted by atomic mass is 9.64. The molecule has 2 fully saturated rings. The number of anilines is 1. The number of fused-ring (bicyclic) bond motifs is 4. The lowest BCUT2D eigenvalue weighted by Crippen LogP contribution is -2.56. The van der Waals surface area contributed by atoms with Crippen molar-refractivity contribution in [3.63, 3.8) is 0 Å². The molecule has 0 bridgehead atoms. The molecular formula is C54H51N3O8. The molecule has 6 atom stereocenters. The number of rotatable bonds is 9. The van der Waals surface area contributed by atoms with Gasteiger partial charge in [-0.1, -0.05) is 96.8 Å². The number of carbonyl (C=O) groups is 3. The van der Waals surface area contributed by atoms with E-state index in [1.54, 1.807) is 19.1 Å². The number of hydrogen-bond donors (Lipinski definition) is 2. The number of allylic oxidation sites excluding steroid dienone is 2. The Balaban J connectivity index is 1.24. The number of ether oxygens (including phenoxy) is 4. The molecule has 0 radical (unpaired) electrons. The van der Waals surface area contributed by atoms with Crippen LogP contribution in [0, 0.1) is 17.8 Å². The summed E-state index contributed by atoms with van der Waals surface area (Å²) in [6.07, 6.45) is 6.00. The first-order valence-electron chi connectivity index (χ1n) is 22.5. The summed E-state index contributed by atoms with van der Waals surface area (Å²) in [5, 5.41) is 13.3. The van der Waals surface area contributed by atoms with Crippen LogP contribution in [0.4, 0.5) is 5.69 Å². The number of esters is 1. The van der Waals surface area contributed by atoms with Crippen LogP contribution in [0.2, 0.25) is 0 Å². The SMILES string of the molecule is COc1cc2c(cc1OC)CN(C(=O)C1C3C(=O)OC(c4ccccc4)C(c4ccccc4)N3C(c3ccccc3OCCO)C13C(=O)Nc1ccc(C#CC4=CCCCC4)cc13)CC2. The minimum atomic E-state index is -1.73. The predicted molar refractivity (Wildman–Crippen MR) is 244 cm³/mol. The highest BCUT2D eigenvalue weighted by molar-refractivity contribution is 6.12. The Labute approximate surface area is 379 Å². The highest BCUT2D eigenvalue weighted by Gasteiger charge is 2.74. The van der Waals surface area contributed by atoms with E-state index < -0.39 is 47.4 Å². The molecule has 10 rings (SSSR count). The molecule has 11 heteroatoms. The molecule has 2 amide bonds. The van der Waals surface area contributed by atoms with Crippen LogP contribution < -0.4 is 19.5 Å². The van der Waals surface area contributed by atoms with E-state index in [4.69, 9.17) is 18.9 Å². The zero-order valence-electron chi connectivity index (χ0n) is 36.5. The van der Waals surface area contributed by atoms with Gasteiger partial charge in [-0.05, 0) is 102 Å². The van der Waals surface area contributed by atoms with Crippen molar-refractivity contribution >= 4 is 23.5 Å². The summed E-state index contributed by atoms with van der Waals surface area (Å²) in [6, 6.07) is 33.6. The summed E-state index contributed by atoms with van der Waals surface area (Å²) in [4.78, 5) is 51.3. The number of aliphatic hydroxyl groups excluding tert-OH is 1. The number of carbonyl (C=O) groups excluding carboxylic acids is 3. The molecule has 2 N–H and O–H groups in total. The second-order valence-electron chi connectivity index (χ2n) is 17.3. The molecule has 1 aliphatic carbocycles. The van der Waals surface area contributed by atoms with Crippen LogP contribution in [0.3, 0.4) is 0 Å². The number of nitrogens with one attached hydrogen (secondary N) is 1. The molecule has 2 saturated heterocycles. The zero-order valence-corrected chi connectivity index (χ0v) is 36.5. The maximum atomic E-state index is 16.2. The number of hydrogen-bond acceptors (Lipinski definition) is 9. The molecule has 4 aliphatic heterocycles. The Morgan fingerprint density at radius 2 is 1.54 bits per heavy atom. The molecule has 65 heavy (non-hydrogen) atoms. The van der Waals surface area contributed by atoms with Gasteiger partial charge in [0.05, 0.1) is 38.8 Å². The van der Waals surface area contributed by atoms with Crippen molar-refractivity contribution in [2.24, 2.45) is 5.92 Å². The first-order chi connectivity index (χ1) is 31.8. The monoisotopic (exact) mass is 869 g/mol.